The number of unbranched alkanes of at least 4 members (excludes halogenated alkanes) is 32. The molecular weight excluding hydrogens is 1070 g/mol. The van der Waals surface area contributed by atoms with Gasteiger partial charge in [0.05, 0.1) is 13.2 Å². The van der Waals surface area contributed by atoms with Gasteiger partial charge >= 0.3 is 19.8 Å². The van der Waals surface area contributed by atoms with Crippen LogP contribution in [0.2, 0.25) is 0 Å². The minimum atomic E-state index is -4.40. The number of rotatable bonds is 65. The van der Waals surface area contributed by atoms with Crippen molar-refractivity contribution in [3.05, 3.63) is 122 Å². The Hall–Kier alpha value is -3.59. The molecule has 10 heteroatoms. The highest BCUT2D eigenvalue weighted by Gasteiger charge is 2.26. The molecule has 2 atom stereocenters. The molecule has 0 rings (SSSR count). The standard InChI is InChI=1S/C75H130NO8P/c1-3-5-7-9-11-13-15-17-19-21-23-25-27-29-31-32-33-34-35-36-37-38-39-40-42-44-46-48-50-52-54-56-58-60-62-64-66-68-75(78)84-73(72-83-85(79,80)82-70-69-76)71-81-74(77)67-65-63-61-59-57-55-53-51-49-47-45-43-41-30-28-26-24-22-20-18-16-14-12-10-8-6-4-2/h5,7,11,13,16-19,22-25,29,31,33-34,36-37,39-40,73H,3-4,6,8-10,12,14-15,20-21,26-28,30,32,35,38,41-72,76H2,1-2H3,(H,79,80)/b7-5-,13-11-,18-16-,19-17-,24-22-,25-23-,31-29-,34-33-,37-36-,40-39-. The minimum absolute atomic E-state index is 0.0493. The molecule has 0 bridgehead atoms. The van der Waals surface area contributed by atoms with Crippen molar-refractivity contribution in [1.29, 1.82) is 0 Å². The van der Waals surface area contributed by atoms with Crippen molar-refractivity contribution in [1.82, 2.24) is 0 Å². The van der Waals surface area contributed by atoms with E-state index in [1.54, 1.807) is 0 Å². The van der Waals surface area contributed by atoms with E-state index in [1.807, 2.05) is 0 Å². The summed E-state index contributed by atoms with van der Waals surface area (Å²) in [6.45, 7) is 3.64. The maximum atomic E-state index is 12.8. The molecule has 0 saturated heterocycles. The van der Waals surface area contributed by atoms with Gasteiger partial charge in [0.25, 0.3) is 0 Å². The highest BCUT2D eigenvalue weighted by Crippen LogP contribution is 2.43. The second kappa shape index (κ2) is 69.5. The molecule has 0 aliphatic rings. The summed E-state index contributed by atoms with van der Waals surface area (Å²) in [5.41, 5.74) is 5.40. The molecule has 85 heavy (non-hydrogen) atoms. The highest BCUT2D eigenvalue weighted by molar-refractivity contribution is 7.47. The number of nitrogens with two attached hydrogens (primary N) is 1. The lowest BCUT2D eigenvalue weighted by molar-refractivity contribution is -0.161. The Morgan fingerprint density at radius 3 is 0.965 bits per heavy atom. The third-order valence-corrected chi connectivity index (χ3v) is 15.8. The molecule has 3 N–H and O–H groups in total. The third-order valence-electron chi connectivity index (χ3n) is 14.8. The van der Waals surface area contributed by atoms with E-state index in [-0.39, 0.29) is 38.6 Å². The fourth-order valence-corrected chi connectivity index (χ4v) is 10.5. The van der Waals surface area contributed by atoms with E-state index in [1.165, 1.54) is 180 Å². The molecule has 0 spiro atoms. The van der Waals surface area contributed by atoms with Crippen molar-refractivity contribution in [2.75, 3.05) is 26.4 Å². The molecule has 488 valence electrons. The number of hydrogen-bond donors (Lipinski definition) is 2. The number of carbonyl (C=O) groups excluding carboxylic acids is 2. The van der Waals surface area contributed by atoms with Crippen LogP contribution in [0.1, 0.15) is 309 Å². The van der Waals surface area contributed by atoms with Gasteiger partial charge in [0.15, 0.2) is 6.10 Å². The van der Waals surface area contributed by atoms with Crippen LogP contribution in [-0.2, 0) is 32.7 Å². The predicted molar refractivity (Wildman–Crippen MR) is 367 cm³/mol. The molecule has 2 unspecified atom stereocenters. The van der Waals surface area contributed by atoms with Gasteiger partial charge in [0.1, 0.15) is 6.61 Å². The molecule has 0 aromatic carbocycles. The summed E-state index contributed by atoms with van der Waals surface area (Å²) in [5, 5.41) is 0. The molecule has 0 aliphatic heterocycles. The van der Waals surface area contributed by atoms with Crippen molar-refractivity contribution in [3.63, 3.8) is 0 Å². The third kappa shape index (κ3) is 69.4. The molecule has 0 aromatic rings. The molecule has 0 amide bonds. The van der Waals surface area contributed by atoms with Crippen LogP contribution in [0.5, 0.6) is 0 Å². The van der Waals surface area contributed by atoms with Gasteiger partial charge in [-0.3, -0.25) is 18.6 Å². The molecule has 0 aromatic heterocycles. The van der Waals surface area contributed by atoms with Crippen LogP contribution in [0.3, 0.4) is 0 Å². The molecule has 0 fully saturated rings. The summed E-state index contributed by atoms with van der Waals surface area (Å²) < 4.78 is 33.2. The van der Waals surface area contributed by atoms with Crippen LogP contribution in [0, 0.1) is 0 Å². The van der Waals surface area contributed by atoms with Crippen LogP contribution < -0.4 is 5.73 Å². The molecule has 0 aliphatic carbocycles. The monoisotopic (exact) mass is 1200 g/mol. The fourth-order valence-electron chi connectivity index (χ4n) is 9.68. The summed E-state index contributed by atoms with van der Waals surface area (Å²) in [7, 11) is -4.40. The lowest BCUT2D eigenvalue weighted by Gasteiger charge is -2.19. The average Bonchev–Trinajstić information content (AvgIpc) is 3.52. The van der Waals surface area contributed by atoms with Gasteiger partial charge in [0, 0.05) is 19.4 Å². The first-order valence-electron chi connectivity index (χ1n) is 35.0. The number of ether oxygens (including phenoxy) is 2. The van der Waals surface area contributed by atoms with Crippen LogP contribution in [0.25, 0.3) is 0 Å². The van der Waals surface area contributed by atoms with E-state index in [2.05, 4.69) is 135 Å². The maximum Gasteiger partial charge on any atom is 0.472 e. The number of carbonyl (C=O) groups is 2. The topological polar surface area (TPSA) is 134 Å². The summed E-state index contributed by atoms with van der Waals surface area (Å²) in [6, 6.07) is 0. The van der Waals surface area contributed by atoms with Crippen LogP contribution >= 0.6 is 7.82 Å². The Balaban J connectivity index is 3.91. The largest absolute Gasteiger partial charge is 0.472 e. The second-order valence-corrected chi connectivity index (χ2v) is 24.5. The zero-order chi connectivity index (χ0) is 61.6. The number of hydrogen-bond acceptors (Lipinski definition) is 8. The Labute approximate surface area is 523 Å². The minimum Gasteiger partial charge on any atom is -0.462 e. The van der Waals surface area contributed by atoms with Gasteiger partial charge in [0.2, 0.25) is 0 Å². The molecule has 0 saturated carbocycles. The van der Waals surface area contributed by atoms with Gasteiger partial charge in [-0.25, -0.2) is 4.57 Å². The van der Waals surface area contributed by atoms with Gasteiger partial charge in [-0.2, -0.15) is 0 Å². The number of phosphoric acid groups is 1. The highest BCUT2D eigenvalue weighted by atomic mass is 31.2. The number of phosphoric ester groups is 1. The van der Waals surface area contributed by atoms with E-state index in [4.69, 9.17) is 24.3 Å². The van der Waals surface area contributed by atoms with Gasteiger partial charge in [-0.1, -0.05) is 309 Å². The van der Waals surface area contributed by atoms with E-state index >= 15 is 0 Å². The van der Waals surface area contributed by atoms with Crippen molar-refractivity contribution in [3.8, 4) is 0 Å². The molecular formula is C75H130NO8P. The maximum absolute atomic E-state index is 12.8. The van der Waals surface area contributed by atoms with Crippen molar-refractivity contribution >= 4 is 19.8 Å². The fraction of sp³-hybridized carbons (Fsp3) is 0.707. The quantitative estimate of drug-likeness (QED) is 0.0264. The smallest absolute Gasteiger partial charge is 0.462 e. The number of esters is 2. The summed E-state index contributed by atoms with van der Waals surface area (Å²) >= 11 is 0. The van der Waals surface area contributed by atoms with Crippen LogP contribution in [-0.4, -0.2) is 49.3 Å². The first-order valence-corrected chi connectivity index (χ1v) is 36.5. The van der Waals surface area contributed by atoms with E-state index < -0.39 is 26.5 Å². The first-order chi connectivity index (χ1) is 41.8. The number of allylic oxidation sites excluding steroid dienone is 20. The average molecular weight is 1200 g/mol. The molecule has 9 nitrogen and oxygen atoms in total. The zero-order valence-corrected chi connectivity index (χ0v) is 55.7. The summed E-state index contributed by atoms with van der Waals surface area (Å²) in [4.78, 5) is 35.4. The normalized spacial score (nSPS) is 13.7. The summed E-state index contributed by atoms with van der Waals surface area (Å²) in [6.07, 6.45) is 97.1. The van der Waals surface area contributed by atoms with Gasteiger partial charge < -0.3 is 20.1 Å². The Bertz CT molecular complexity index is 1810. The Morgan fingerprint density at radius 2 is 0.647 bits per heavy atom. The first kappa shape index (κ1) is 81.4. The SMILES string of the molecule is CC/C=C\C/C=C\C/C=C\C/C=C\C/C=C\C/C=C\C/C=C\C/C=C\CCCCCCCCCCCCCCC(=O)OC(COC(=O)CCCCCCCCCCCCCCCCC/C=C\C/C=C\CCCCCCC)COP(=O)(O)OCCN. The van der Waals surface area contributed by atoms with Crippen molar-refractivity contribution in [2.24, 2.45) is 5.73 Å². The Kier molecular flexibility index (Phi) is 66.6. The zero-order valence-electron chi connectivity index (χ0n) is 54.8. The van der Waals surface area contributed by atoms with Crippen molar-refractivity contribution < 1.29 is 37.6 Å². The predicted octanol–water partition coefficient (Wildman–Crippen LogP) is 23.1. The van der Waals surface area contributed by atoms with Crippen molar-refractivity contribution in [2.45, 2.75) is 315 Å². The van der Waals surface area contributed by atoms with E-state index in [0.717, 1.165) is 96.3 Å². The van der Waals surface area contributed by atoms with Crippen LogP contribution in [0.4, 0.5) is 0 Å². The van der Waals surface area contributed by atoms with Gasteiger partial charge in [-0.15, -0.1) is 0 Å². The van der Waals surface area contributed by atoms with Gasteiger partial charge in [-0.05, 0) is 109 Å². The second-order valence-electron chi connectivity index (χ2n) is 23.0. The van der Waals surface area contributed by atoms with E-state index in [0.29, 0.717) is 6.42 Å². The lowest BCUT2D eigenvalue weighted by atomic mass is 10.0. The lowest BCUT2D eigenvalue weighted by Crippen LogP contribution is -2.29. The molecule has 0 radical (unpaired) electrons. The van der Waals surface area contributed by atoms with E-state index in [9.17, 15) is 19.0 Å². The Morgan fingerprint density at radius 1 is 0.365 bits per heavy atom. The summed E-state index contributed by atoms with van der Waals surface area (Å²) in [5.74, 6) is -0.825. The van der Waals surface area contributed by atoms with Crippen LogP contribution in [0.15, 0.2) is 122 Å². The molecule has 0 heterocycles.